The zero-order chi connectivity index (χ0) is 29.8. The van der Waals surface area contributed by atoms with Crippen LogP contribution in [-0.4, -0.2) is 31.3 Å². The highest BCUT2D eigenvalue weighted by Gasteiger charge is 2.09. The first-order valence-electron chi connectivity index (χ1n) is 15.2. The molecule has 3 aromatic carbocycles. The number of carbonyl (C=O) groups excluding carboxylic acids is 2. The van der Waals surface area contributed by atoms with Crippen LogP contribution >= 0.6 is 0 Å². The lowest BCUT2D eigenvalue weighted by atomic mass is 10.2. The largest absolute Gasteiger partial charge is 0.494 e. The summed E-state index contributed by atoms with van der Waals surface area (Å²) in [4.78, 5) is 24.9. The molecule has 0 aliphatic carbocycles. The molecule has 7 nitrogen and oxygen atoms in total. The highest BCUT2D eigenvalue weighted by atomic mass is 16.5. The van der Waals surface area contributed by atoms with Gasteiger partial charge in [0.2, 0.25) is 0 Å². The Labute approximate surface area is 250 Å². The molecule has 0 atom stereocenters. The number of hydrogen-bond donors (Lipinski definition) is 1. The van der Waals surface area contributed by atoms with Crippen molar-refractivity contribution >= 4 is 18.1 Å². The van der Waals surface area contributed by atoms with Crippen LogP contribution in [0.4, 0.5) is 0 Å². The summed E-state index contributed by atoms with van der Waals surface area (Å²) >= 11 is 0. The summed E-state index contributed by atoms with van der Waals surface area (Å²) in [7, 11) is 0. The molecule has 3 rings (SSSR count). The van der Waals surface area contributed by atoms with Gasteiger partial charge in [0.1, 0.15) is 17.2 Å². The summed E-state index contributed by atoms with van der Waals surface area (Å²) in [6, 6.07) is 20.9. The van der Waals surface area contributed by atoms with Gasteiger partial charge in [0, 0.05) is 5.56 Å². The van der Waals surface area contributed by atoms with Gasteiger partial charge in [0.15, 0.2) is 0 Å². The number of nitrogens with zero attached hydrogens (tertiary/aromatic N) is 1. The second-order valence-electron chi connectivity index (χ2n) is 10.2. The van der Waals surface area contributed by atoms with Crippen LogP contribution in [0, 0.1) is 0 Å². The van der Waals surface area contributed by atoms with Crippen molar-refractivity contribution in [3.8, 4) is 17.2 Å². The Balaban J connectivity index is 1.38. The molecule has 0 bridgehead atoms. The van der Waals surface area contributed by atoms with Gasteiger partial charge in [-0.15, -0.1) is 0 Å². The Morgan fingerprint density at radius 3 is 1.62 bits per heavy atom. The molecular formula is C35H44N2O5. The lowest BCUT2D eigenvalue weighted by Crippen LogP contribution is -2.17. The van der Waals surface area contributed by atoms with Gasteiger partial charge in [0.25, 0.3) is 5.91 Å². The van der Waals surface area contributed by atoms with E-state index in [9.17, 15) is 9.59 Å². The molecule has 0 radical (unpaired) electrons. The van der Waals surface area contributed by atoms with Gasteiger partial charge in [-0.05, 0) is 91.2 Å². The molecule has 42 heavy (non-hydrogen) atoms. The van der Waals surface area contributed by atoms with Crippen LogP contribution in [0.15, 0.2) is 77.9 Å². The molecular weight excluding hydrogens is 528 g/mol. The minimum Gasteiger partial charge on any atom is -0.494 e. The third-order valence-electron chi connectivity index (χ3n) is 6.71. The number of nitrogens with one attached hydrogen (secondary N) is 1. The predicted octanol–water partition coefficient (Wildman–Crippen LogP) is 8.37. The average Bonchev–Trinajstić information content (AvgIpc) is 3.02. The van der Waals surface area contributed by atoms with Gasteiger partial charge < -0.3 is 14.2 Å². The van der Waals surface area contributed by atoms with Crippen molar-refractivity contribution < 1.29 is 23.8 Å². The third kappa shape index (κ3) is 12.2. The summed E-state index contributed by atoms with van der Waals surface area (Å²) in [6.45, 7) is 5.76. The van der Waals surface area contributed by atoms with Crippen LogP contribution in [0.5, 0.6) is 17.2 Å². The van der Waals surface area contributed by atoms with Crippen LogP contribution in [0.25, 0.3) is 0 Å². The van der Waals surface area contributed by atoms with E-state index >= 15 is 0 Å². The third-order valence-corrected chi connectivity index (χ3v) is 6.71. The number of hydrazone groups is 1. The van der Waals surface area contributed by atoms with Crippen LogP contribution in [-0.2, 0) is 0 Å². The lowest BCUT2D eigenvalue weighted by Gasteiger charge is -2.08. The molecule has 0 heterocycles. The number of carbonyl (C=O) groups is 2. The Morgan fingerprint density at radius 2 is 1.10 bits per heavy atom. The number of benzene rings is 3. The highest BCUT2D eigenvalue weighted by molar-refractivity contribution is 5.95. The fourth-order valence-electron chi connectivity index (χ4n) is 4.20. The molecule has 0 aromatic heterocycles. The molecule has 1 amide bonds. The van der Waals surface area contributed by atoms with Gasteiger partial charge >= 0.3 is 5.97 Å². The maximum absolute atomic E-state index is 12.5. The molecule has 0 aliphatic heterocycles. The number of esters is 1. The summed E-state index contributed by atoms with van der Waals surface area (Å²) in [5, 5.41) is 4.04. The number of rotatable bonds is 19. The van der Waals surface area contributed by atoms with Crippen LogP contribution in [0.3, 0.4) is 0 Å². The van der Waals surface area contributed by atoms with Gasteiger partial charge in [-0.2, -0.15) is 5.10 Å². The van der Waals surface area contributed by atoms with Crippen molar-refractivity contribution in [2.75, 3.05) is 13.2 Å². The van der Waals surface area contributed by atoms with Gasteiger partial charge in [-0.1, -0.05) is 65.2 Å². The smallest absolute Gasteiger partial charge is 0.343 e. The molecule has 224 valence electrons. The molecule has 0 saturated heterocycles. The zero-order valence-corrected chi connectivity index (χ0v) is 25.0. The predicted molar refractivity (Wildman–Crippen MR) is 168 cm³/mol. The maximum atomic E-state index is 12.5. The topological polar surface area (TPSA) is 86.2 Å². The molecule has 0 unspecified atom stereocenters. The normalized spacial score (nSPS) is 10.9. The fourth-order valence-corrected chi connectivity index (χ4v) is 4.20. The quantitative estimate of drug-likeness (QED) is 0.0513. The second-order valence-corrected chi connectivity index (χ2v) is 10.2. The fraction of sp³-hybridized carbons (Fsp3) is 0.400. The number of ether oxygens (including phenoxy) is 3. The van der Waals surface area contributed by atoms with Crippen molar-refractivity contribution in [2.24, 2.45) is 5.10 Å². The van der Waals surface area contributed by atoms with E-state index in [0.717, 1.165) is 29.9 Å². The van der Waals surface area contributed by atoms with Gasteiger partial charge in [-0.25, -0.2) is 10.2 Å². The van der Waals surface area contributed by atoms with Crippen LogP contribution in [0.1, 0.15) is 104 Å². The van der Waals surface area contributed by atoms with Crippen molar-refractivity contribution in [1.82, 2.24) is 5.43 Å². The molecule has 7 heteroatoms. The highest BCUT2D eigenvalue weighted by Crippen LogP contribution is 2.17. The van der Waals surface area contributed by atoms with Gasteiger partial charge in [0.05, 0.1) is 25.0 Å². The van der Waals surface area contributed by atoms with Crippen LogP contribution in [0.2, 0.25) is 0 Å². The molecule has 0 aliphatic rings. The Bertz CT molecular complexity index is 1220. The van der Waals surface area contributed by atoms with Gasteiger partial charge in [-0.3, -0.25) is 4.79 Å². The number of amides is 1. The van der Waals surface area contributed by atoms with Crippen molar-refractivity contribution in [3.63, 3.8) is 0 Å². The van der Waals surface area contributed by atoms with E-state index in [2.05, 4.69) is 24.4 Å². The summed E-state index contributed by atoms with van der Waals surface area (Å²) in [5.74, 6) is 1.15. The molecule has 1 N–H and O–H groups in total. The van der Waals surface area contributed by atoms with E-state index < -0.39 is 5.97 Å². The van der Waals surface area contributed by atoms with E-state index in [1.165, 1.54) is 57.6 Å². The van der Waals surface area contributed by atoms with Crippen LogP contribution < -0.4 is 19.6 Å². The van der Waals surface area contributed by atoms with E-state index in [1.807, 2.05) is 0 Å². The Morgan fingerprint density at radius 1 is 0.619 bits per heavy atom. The standard InChI is InChI=1S/C35H44N2O5/c1-3-5-7-9-11-25-40-31-21-15-29(16-22-31)34(38)37-36-27-28-13-19-33(20-14-28)42-35(39)30-17-23-32(24-18-30)41-26-12-10-8-6-4-2/h13-24,27H,3-12,25-26H2,1-2H3,(H,37,38)/b36-27+. The minimum absolute atomic E-state index is 0.314. The summed E-state index contributed by atoms with van der Waals surface area (Å²) < 4.78 is 17.0. The monoisotopic (exact) mass is 572 g/mol. The SMILES string of the molecule is CCCCCCCOc1ccc(C(=O)N/N=C/c2ccc(OC(=O)c3ccc(OCCCCCCC)cc3)cc2)cc1. The minimum atomic E-state index is -0.446. The van der Waals surface area contributed by atoms with E-state index in [-0.39, 0.29) is 5.91 Å². The van der Waals surface area contributed by atoms with E-state index in [4.69, 9.17) is 14.2 Å². The molecule has 0 saturated carbocycles. The molecule has 0 fully saturated rings. The number of unbranched alkanes of at least 4 members (excludes halogenated alkanes) is 8. The first-order valence-corrected chi connectivity index (χ1v) is 15.2. The van der Waals surface area contributed by atoms with Crippen molar-refractivity contribution in [1.29, 1.82) is 0 Å². The van der Waals surface area contributed by atoms with Crippen molar-refractivity contribution in [3.05, 3.63) is 89.5 Å². The summed E-state index contributed by atoms with van der Waals surface area (Å²) in [5.41, 5.74) is 4.21. The average molecular weight is 573 g/mol. The Kier molecular flexibility index (Phi) is 14.7. The maximum Gasteiger partial charge on any atom is 0.343 e. The first-order chi connectivity index (χ1) is 20.6. The first kappa shape index (κ1) is 32.4. The van der Waals surface area contributed by atoms with Crippen molar-refractivity contribution in [2.45, 2.75) is 78.1 Å². The van der Waals surface area contributed by atoms with E-state index in [0.29, 0.717) is 30.1 Å². The Hall–Kier alpha value is -4.13. The zero-order valence-electron chi connectivity index (χ0n) is 25.0. The lowest BCUT2D eigenvalue weighted by molar-refractivity contribution is 0.0734. The second kappa shape index (κ2) is 19.1. The molecule has 3 aromatic rings. The summed E-state index contributed by atoms with van der Waals surface area (Å²) in [6.07, 6.45) is 13.4. The van der Waals surface area contributed by atoms with E-state index in [1.54, 1.807) is 72.8 Å². The molecule has 0 spiro atoms. The number of hydrogen-bond acceptors (Lipinski definition) is 6.